The van der Waals surface area contributed by atoms with Gasteiger partial charge in [0.2, 0.25) is 5.89 Å². The Labute approximate surface area is 82.5 Å². The summed E-state index contributed by atoms with van der Waals surface area (Å²) in [6.45, 7) is 0. The third kappa shape index (κ3) is 1.70. The topological polar surface area (TPSA) is 82.0 Å². The minimum Gasteiger partial charge on any atom is -0.409 e. The molecule has 1 unspecified atom stereocenters. The molecule has 1 aromatic carbocycles. The summed E-state index contributed by atoms with van der Waals surface area (Å²) in [5.41, 5.74) is 0.775. The SMILES string of the molecule is NS(=O)c1nnc(-c2ccccc2)o1. The fourth-order valence-electron chi connectivity index (χ4n) is 0.988. The highest BCUT2D eigenvalue weighted by Crippen LogP contribution is 2.17. The van der Waals surface area contributed by atoms with Gasteiger partial charge < -0.3 is 4.42 Å². The van der Waals surface area contributed by atoms with Crippen LogP contribution in [0.15, 0.2) is 40.0 Å². The number of rotatable bonds is 2. The smallest absolute Gasteiger partial charge is 0.322 e. The first-order valence-electron chi connectivity index (χ1n) is 3.82. The zero-order valence-corrected chi connectivity index (χ0v) is 7.90. The average molecular weight is 209 g/mol. The summed E-state index contributed by atoms with van der Waals surface area (Å²) < 4.78 is 15.9. The van der Waals surface area contributed by atoms with E-state index in [9.17, 15) is 4.21 Å². The Morgan fingerprint density at radius 1 is 1.21 bits per heavy atom. The van der Waals surface area contributed by atoms with Crippen LogP contribution in [-0.2, 0) is 11.0 Å². The monoisotopic (exact) mass is 209 g/mol. The van der Waals surface area contributed by atoms with E-state index >= 15 is 0 Å². The summed E-state index contributed by atoms with van der Waals surface area (Å²) >= 11 is 0. The van der Waals surface area contributed by atoms with Gasteiger partial charge in [0, 0.05) is 5.56 Å². The summed E-state index contributed by atoms with van der Waals surface area (Å²) in [6.07, 6.45) is 0. The van der Waals surface area contributed by atoms with E-state index in [1.807, 2.05) is 30.3 Å². The predicted octanol–water partition coefficient (Wildman–Crippen LogP) is 0.718. The van der Waals surface area contributed by atoms with E-state index in [0.29, 0.717) is 5.89 Å². The summed E-state index contributed by atoms with van der Waals surface area (Å²) in [7, 11) is -1.72. The Balaban J connectivity index is 2.39. The second-order valence-corrected chi connectivity index (χ2v) is 3.48. The molecule has 2 aromatic rings. The zero-order chi connectivity index (χ0) is 9.97. The quantitative estimate of drug-likeness (QED) is 0.790. The van der Waals surface area contributed by atoms with Crippen molar-refractivity contribution in [3.8, 4) is 11.5 Å². The van der Waals surface area contributed by atoms with E-state index in [1.54, 1.807) is 0 Å². The standard InChI is InChI=1S/C8H7N3O2S/c9-14(12)8-11-10-7(13-8)6-4-2-1-3-5-6/h1-5H,9H2. The van der Waals surface area contributed by atoms with Crippen molar-refractivity contribution in [1.82, 2.24) is 10.2 Å². The number of hydrogen-bond acceptors (Lipinski definition) is 4. The van der Waals surface area contributed by atoms with E-state index in [0.717, 1.165) is 5.56 Å². The molecule has 0 bridgehead atoms. The molecule has 5 nitrogen and oxygen atoms in total. The van der Waals surface area contributed by atoms with Crippen LogP contribution in [0.3, 0.4) is 0 Å². The molecule has 0 fully saturated rings. The molecule has 2 N–H and O–H groups in total. The van der Waals surface area contributed by atoms with Gasteiger partial charge in [-0.3, -0.25) is 0 Å². The van der Waals surface area contributed by atoms with Crippen molar-refractivity contribution in [3.05, 3.63) is 30.3 Å². The first-order valence-corrected chi connectivity index (χ1v) is 5.04. The fraction of sp³-hybridized carbons (Fsp3) is 0. The summed E-state index contributed by atoms with van der Waals surface area (Å²) in [5, 5.41) is 12.3. The van der Waals surface area contributed by atoms with Crippen LogP contribution < -0.4 is 5.14 Å². The molecule has 6 heteroatoms. The highest BCUT2D eigenvalue weighted by Gasteiger charge is 2.10. The summed E-state index contributed by atoms with van der Waals surface area (Å²) in [6, 6.07) is 9.20. The molecule has 0 aliphatic carbocycles. The minimum absolute atomic E-state index is 0.0659. The molecule has 1 aromatic heterocycles. The van der Waals surface area contributed by atoms with Crippen LogP contribution in [0.4, 0.5) is 0 Å². The molecule has 14 heavy (non-hydrogen) atoms. The Hall–Kier alpha value is -1.53. The van der Waals surface area contributed by atoms with Gasteiger partial charge in [0.25, 0.3) is 0 Å². The molecule has 0 saturated heterocycles. The molecular formula is C8H7N3O2S. The molecule has 0 saturated carbocycles. The molecule has 72 valence electrons. The largest absolute Gasteiger partial charge is 0.409 e. The lowest BCUT2D eigenvalue weighted by molar-refractivity contribution is 0.456. The van der Waals surface area contributed by atoms with Gasteiger partial charge in [-0.1, -0.05) is 23.3 Å². The molecular weight excluding hydrogens is 202 g/mol. The third-order valence-corrected chi connectivity index (χ3v) is 2.11. The Bertz CT molecular complexity index is 455. The number of nitrogens with zero attached hydrogens (tertiary/aromatic N) is 2. The van der Waals surface area contributed by atoms with Gasteiger partial charge in [0.05, 0.1) is 0 Å². The maximum absolute atomic E-state index is 10.8. The molecule has 1 atom stereocenters. The van der Waals surface area contributed by atoms with Crippen LogP contribution in [-0.4, -0.2) is 14.4 Å². The first kappa shape index (κ1) is 9.04. The van der Waals surface area contributed by atoms with Crippen LogP contribution in [0.25, 0.3) is 11.5 Å². The Morgan fingerprint density at radius 2 is 1.93 bits per heavy atom. The van der Waals surface area contributed by atoms with Crippen LogP contribution in [0.5, 0.6) is 0 Å². The van der Waals surface area contributed by atoms with Crippen LogP contribution >= 0.6 is 0 Å². The number of benzene rings is 1. The van der Waals surface area contributed by atoms with Crippen molar-refractivity contribution >= 4 is 11.0 Å². The van der Waals surface area contributed by atoms with Gasteiger partial charge in [-0.2, -0.15) is 0 Å². The van der Waals surface area contributed by atoms with Gasteiger partial charge in [0.1, 0.15) is 0 Å². The Kier molecular flexibility index (Phi) is 2.38. The van der Waals surface area contributed by atoms with E-state index in [1.165, 1.54) is 0 Å². The van der Waals surface area contributed by atoms with Gasteiger partial charge in [-0.05, 0) is 12.1 Å². The summed E-state index contributed by atoms with van der Waals surface area (Å²) in [4.78, 5) is 0. The summed E-state index contributed by atoms with van der Waals surface area (Å²) in [5.74, 6) is 0.319. The van der Waals surface area contributed by atoms with Crippen LogP contribution in [0.1, 0.15) is 0 Å². The van der Waals surface area contributed by atoms with Crippen molar-refractivity contribution in [1.29, 1.82) is 0 Å². The van der Waals surface area contributed by atoms with Gasteiger partial charge in [0.15, 0.2) is 11.0 Å². The van der Waals surface area contributed by atoms with Crippen LogP contribution in [0.2, 0.25) is 0 Å². The fourth-order valence-corrected chi connectivity index (χ4v) is 1.27. The second kappa shape index (κ2) is 3.69. The molecule has 1 heterocycles. The number of aromatic nitrogens is 2. The van der Waals surface area contributed by atoms with E-state index < -0.39 is 11.0 Å². The van der Waals surface area contributed by atoms with Crippen molar-refractivity contribution in [3.63, 3.8) is 0 Å². The van der Waals surface area contributed by atoms with E-state index in [2.05, 4.69) is 10.2 Å². The van der Waals surface area contributed by atoms with Crippen molar-refractivity contribution in [2.75, 3.05) is 0 Å². The lowest BCUT2D eigenvalue weighted by Gasteiger charge is -1.90. The highest BCUT2D eigenvalue weighted by atomic mass is 32.2. The Morgan fingerprint density at radius 3 is 2.50 bits per heavy atom. The average Bonchev–Trinajstić information content (AvgIpc) is 2.68. The lowest BCUT2D eigenvalue weighted by atomic mass is 10.2. The third-order valence-electron chi connectivity index (χ3n) is 1.60. The molecule has 0 aliphatic heterocycles. The first-order chi connectivity index (χ1) is 6.77. The van der Waals surface area contributed by atoms with Crippen LogP contribution in [0, 0.1) is 0 Å². The van der Waals surface area contributed by atoms with Crippen molar-refractivity contribution < 1.29 is 8.63 Å². The highest BCUT2D eigenvalue weighted by molar-refractivity contribution is 7.82. The lowest BCUT2D eigenvalue weighted by Crippen LogP contribution is -2.02. The number of nitrogens with two attached hydrogens (primary N) is 1. The van der Waals surface area contributed by atoms with Gasteiger partial charge in [-0.25, -0.2) is 9.35 Å². The van der Waals surface area contributed by atoms with E-state index in [-0.39, 0.29) is 5.22 Å². The predicted molar refractivity (Wildman–Crippen MR) is 50.3 cm³/mol. The number of hydrogen-bond donors (Lipinski definition) is 1. The molecule has 0 amide bonds. The zero-order valence-electron chi connectivity index (χ0n) is 7.08. The van der Waals surface area contributed by atoms with Crippen molar-refractivity contribution in [2.45, 2.75) is 5.22 Å². The normalized spacial score (nSPS) is 12.6. The minimum atomic E-state index is -1.72. The molecule has 0 radical (unpaired) electrons. The molecule has 2 rings (SSSR count). The maximum Gasteiger partial charge on any atom is 0.322 e. The van der Waals surface area contributed by atoms with E-state index in [4.69, 9.17) is 9.56 Å². The second-order valence-electron chi connectivity index (χ2n) is 2.54. The molecule has 0 aliphatic rings. The van der Waals surface area contributed by atoms with Crippen molar-refractivity contribution in [2.24, 2.45) is 5.14 Å². The van der Waals surface area contributed by atoms with Gasteiger partial charge in [-0.15, -0.1) is 5.10 Å². The van der Waals surface area contributed by atoms with Gasteiger partial charge >= 0.3 is 5.22 Å². The maximum atomic E-state index is 10.8. The molecule has 0 spiro atoms.